The molecule has 1 atom stereocenters. The average molecular weight is 316 g/mol. The SMILES string of the molecule is Clc1cnccc1OC1CCN(c2nccn3nccc23)C1. The lowest BCUT2D eigenvalue weighted by molar-refractivity contribution is 0.225. The van der Waals surface area contributed by atoms with Gasteiger partial charge in [0.1, 0.15) is 22.4 Å². The van der Waals surface area contributed by atoms with Crippen molar-refractivity contribution in [3.8, 4) is 5.75 Å². The Morgan fingerprint density at radius 3 is 3.09 bits per heavy atom. The number of anilines is 1. The van der Waals surface area contributed by atoms with Crippen molar-refractivity contribution in [1.29, 1.82) is 0 Å². The van der Waals surface area contributed by atoms with Crippen LogP contribution in [-0.4, -0.2) is 38.8 Å². The lowest BCUT2D eigenvalue weighted by atomic mass is 10.3. The van der Waals surface area contributed by atoms with Gasteiger partial charge < -0.3 is 9.64 Å². The molecule has 0 bridgehead atoms. The molecule has 4 heterocycles. The number of rotatable bonds is 3. The smallest absolute Gasteiger partial charge is 0.154 e. The van der Waals surface area contributed by atoms with E-state index in [0.717, 1.165) is 30.8 Å². The van der Waals surface area contributed by atoms with E-state index >= 15 is 0 Å². The van der Waals surface area contributed by atoms with Crippen LogP contribution < -0.4 is 9.64 Å². The molecule has 0 N–H and O–H groups in total. The third-order valence-electron chi connectivity index (χ3n) is 3.78. The summed E-state index contributed by atoms with van der Waals surface area (Å²) in [6, 6.07) is 3.76. The molecule has 0 saturated carbocycles. The summed E-state index contributed by atoms with van der Waals surface area (Å²) >= 11 is 6.09. The van der Waals surface area contributed by atoms with Crippen molar-refractivity contribution in [3.63, 3.8) is 0 Å². The van der Waals surface area contributed by atoms with Crippen molar-refractivity contribution in [2.75, 3.05) is 18.0 Å². The molecule has 1 saturated heterocycles. The van der Waals surface area contributed by atoms with Crippen LogP contribution >= 0.6 is 11.6 Å². The van der Waals surface area contributed by atoms with Crippen LogP contribution in [0.4, 0.5) is 5.82 Å². The molecule has 7 heteroatoms. The zero-order chi connectivity index (χ0) is 14.9. The van der Waals surface area contributed by atoms with Gasteiger partial charge in [-0.15, -0.1) is 0 Å². The molecule has 1 fully saturated rings. The van der Waals surface area contributed by atoms with Gasteiger partial charge in [0, 0.05) is 43.8 Å². The van der Waals surface area contributed by atoms with E-state index in [1.54, 1.807) is 30.9 Å². The first-order chi connectivity index (χ1) is 10.8. The van der Waals surface area contributed by atoms with Crippen LogP contribution in [0.2, 0.25) is 5.02 Å². The molecule has 0 aliphatic carbocycles. The van der Waals surface area contributed by atoms with E-state index in [-0.39, 0.29) is 6.10 Å². The van der Waals surface area contributed by atoms with E-state index < -0.39 is 0 Å². The fourth-order valence-corrected chi connectivity index (χ4v) is 2.91. The van der Waals surface area contributed by atoms with Crippen molar-refractivity contribution < 1.29 is 4.74 Å². The highest BCUT2D eigenvalue weighted by molar-refractivity contribution is 6.31. The monoisotopic (exact) mass is 315 g/mol. The van der Waals surface area contributed by atoms with E-state index in [1.165, 1.54) is 0 Å². The first kappa shape index (κ1) is 13.3. The molecule has 0 amide bonds. The largest absolute Gasteiger partial charge is 0.487 e. The van der Waals surface area contributed by atoms with Gasteiger partial charge in [-0.1, -0.05) is 11.6 Å². The van der Waals surface area contributed by atoms with Crippen molar-refractivity contribution in [2.24, 2.45) is 0 Å². The number of ether oxygens (including phenoxy) is 1. The number of halogens is 1. The van der Waals surface area contributed by atoms with Crippen LogP contribution in [0.1, 0.15) is 6.42 Å². The number of aromatic nitrogens is 4. The minimum absolute atomic E-state index is 0.0878. The van der Waals surface area contributed by atoms with E-state index in [0.29, 0.717) is 10.8 Å². The van der Waals surface area contributed by atoms with Crippen molar-refractivity contribution >= 4 is 22.9 Å². The van der Waals surface area contributed by atoms with Gasteiger partial charge >= 0.3 is 0 Å². The van der Waals surface area contributed by atoms with Gasteiger partial charge in [0.15, 0.2) is 5.82 Å². The zero-order valence-electron chi connectivity index (χ0n) is 11.8. The Labute approximate surface area is 132 Å². The van der Waals surface area contributed by atoms with Crippen molar-refractivity contribution in [1.82, 2.24) is 19.6 Å². The highest BCUT2D eigenvalue weighted by atomic mass is 35.5. The molecule has 22 heavy (non-hydrogen) atoms. The molecule has 112 valence electrons. The van der Waals surface area contributed by atoms with Gasteiger partial charge in [-0.25, -0.2) is 9.50 Å². The van der Waals surface area contributed by atoms with E-state index in [9.17, 15) is 0 Å². The van der Waals surface area contributed by atoms with Gasteiger partial charge in [-0.3, -0.25) is 4.98 Å². The molecule has 1 aliphatic heterocycles. The fourth-order valence-electron chi connectivity index (χ4n) is 2.74. The molecule has 4 rings (SSSR count). The topological polar surface area (TPSA) is 55.5 Å². The molecule has 3 aromatic heterocycles. The highest BCUT2D eigenvalue weighted by Gasteiger charge is 2.26. The molecular weight excluding hydrogens is 302 g/mol. The van der Waals surface area contributed by atoms with Crippen LogP contribution in [0, 0.1) is 0 Å². The number of hydrogen-bond donors (Lipinski definition) is 0. The Bertz CT molecular complexity index is 805. The normalized spacial score (nSPS) is 18.0. The third kappa shape index (κ3) is 2.35. The molecular formula is C15H14ClN5O. The summed E-state index contributed by atoms with van der Waals surface area (Å²) in [6.07, 6.45) is 9.69. The number of pyridine rings is 1. The molecule has 1 unspecified atom stereocenters. The van der Waals surface area contributed by atoms with E-state index in [2.05, 4.69) is 20.0 Å². The Hall–Kier alpha value is -2.34. The number of nitrogens with zero attached hydrogens (tertiary/aromatic N) is 5. The second-order valence-electron chi connectivity index (χ2n) is 5.19. The minimum atomic E-state index is 0.0878. The summed E-state index contributed by atoms with van der Waals surface area (Å²) in [5.41, 5.74) is 1.00. The van der Waals surface area contributed by atoms with Crippen molar-refractivity contribution in [2.45, 2.75) is 12.5 Å². The quantitative estimate of drug-likeness (QED) is 0.743. The molecule has 3 aromatic rings. The van der Waals surface area contributed by atoms with Crippen LogP contribution in [0.15, 0.2) is 43.1 Å². The van der Waals surface area contributed by atoms with Gasteiger partial charge in [0.25, 0.3) is 0 Å². The molecule has 0 spiro atoms. The Balaban J connectivity index is 1.53. The van der Waals surface area contributed by atoms with Gasteiger partial charge in [0.2, 0.25) is 0 Å². The Morgan fingerprint density at radius 2 is 2.18 bits per heavy atom. The summed E-state index contributed by atoms with van der Waals surface area (Å²) in [4.78, 5) is 10.7. The van der Waals surface area contributed by atoms with Gasteiger partial charge in [-0.2, -0.15) is 5.10 Å². The van der Waals surface area contributed by atoms with E-state index in [4.69, 9.17) is 16.3 Å². The van der Waals surface area contributed by atoms with Crippen LogP contribution in [0.3, 0.4) is 0 Å². The second-order valence-corrected chi connectivity index (χ2v) is 5.60. The molecule has 0 aromatic carbocycles. The average Bonchev–Trinajstić information content (AvgIpc) is 3.18. The highest BCUT2D eigenvalue weighted by Crippen LogP contribution is 2.28. The van der Waals surface area contributed by atoms with Crippen LogP contribution in [-0.2, 0) is 0 Å². The number of hydrogen-bond acceptors (Lipinski definition) is 5. The van der Waals surface area contributed by atoms with Gasteiger partial charge in [-0.05, 0) is 6.07 Å². The van der Waals surface area contributed by atoms with Crippen LogP contribution in [0.5, 0.6) is 5.75 Å². The maximum absolute atomic E-state index is 6.09. The summed E-state index contributed by atoms with van der Waals surface area (Å²) in [5, 5.41) is 4.78. The first-order valence-corrected chi connectivity index (χ1v) is 7.48. The number of fused-ring (bicyclic) bond motifs is 1. The minimum Gasteiger partial charge on any atom is -0.487 e. The predicted octanol–water partition coefficient (Wildman–Crippen LogP) is 2.44. The first-order valence-electron chi connectivity index (χ1n) is 7.11. The lowest BCUT2D eigenvalue weighted by Gasteiger charge is -2.19. The summed E-state index contributed by atoms with van der Waals surface area (Å²) in [7, 11) is 0. The van der Waals surface area contributed by atoms with Crippen molar-refractivity contribution in [3.05, 3.63) is 48.1 Å². The third-order valence-corrected chi connectivity index (χ3v) is 4.06. The standard InChI is InChI=1S/C15H14ClN5O/c16-12-9-17-4-2-14(12)22-11-3-7-20(10-11)15-13-1-5-19-21(13)8-6-18-15/h1-2,4-6,8-9,11H,3,7,10H2. The lowest BCUT2D eigenvalue weighted by Crippen LogP contribution is -2.25. The maximum atomic E-state index is 6.09. The summed E-state index contributed by atoms with van der Waals surface area (Å²) in [6.45, 7) is 1.67. The fraction of sp³-hybridized carbons (Fsp3) is 0.267. The van der Waals surface area contributed by atoms with Crippen LogP contribution in [0.25, 0.3) is 5.52 Å². The molecule has 0 radical (unpaired) electrons. The van der Waals surface area contributed by atoms with Gasteiger partial charge in [0.05, 0.1) is 12.7 Å². The molecule has 6 nitrogen and oxygen atoms in total. The predicted molar refractivity (Wildman–Crippen MR) is 83.5 cm³/mol. The second kappa shape index (κ2) is 5.46. The molecule has 1 aliphatic rings. The maximum Gasteiger partial charge on any atom is 0.154 e. The Morgan fingerprint density at radius 1 is 1.23 bits per heavy atom. The Kier molecular flexibility index (Phi) is 3.31. The summed E-state index contributed by atoms with van der Waals surface area (Å²) < 4.78 is 7.82. The summed E-state index contributed by atoms with van der Waals surface area (Å²) in [5.74, 6) is 1.62. The van der Waals surface area contributed by atoms with E-state index in [1.807, 2.05) is 16.8 Å². The zero-order valence-corrected chi connectivity index (χ0v) is 12.5.